The van der Waals surface area contributed by atoms with Gasteiger partial charge in [0.15, 0.2) is 18.1 Å². The molecule has 0 aliphatic carbocycles. The van der Waals surface area contributed by atoms with Crippen molar-refractivity contribution in [1.29, 1.82) is 0 Å². The number of allylic oxidation sites excluding steroid dienone is 1. The molecule has 0 saturated carbocycles. The molecule has 3 aromatic carbocycles. The summed E-state index contributed by atoms with van der Waals surface area (Å²) < 4.78 is 27.8. The summed E-state index contributed by atoms with van der Waals surface area (Å²) in [4.78, 5) is 30.7. The van der Waals surface area contributed by atoms with E-state index in [2.05, 4.69) is 39.9 Å². The number of carbonyl (C=O) groups is 1. The van der Waals surface area contributed by atoms with Crippen LogP contribution in [-0.4, -0.2) is 35.0 Å². The Balaban J connectivity index is 1.67. The Bertz CT molecular complexity index is 1690. The summed E-state index contributed by atoms with van der Waals surface area (Å²) in [6.45, 7) is 7.73. The zero-order chi connectivity index (χ0) is 30.1. The van der Waals surface area contributed by atoms with E-state index in [9.17, 15) is 14.0 Å². The van der Waals surface area contributed by atoms with Crippen molar-refractivity contribution in [2.45, 2.75) is 39.5 Å². The fraction of sp³-hybridized carbons (Fsp3) is 0.250. The molecule has 0 aliphatic heterocycles. The zero-order valence-corrected chi connectivity index (χ0v) is 25.1. The van der Waals surface area contributed by atoms with E-state index in [4.69, 9.17) is 14.5 Å². The number of aryl methyl sites for hydroxylation is 1. The van der Waals surface area contributed by atoms with Crippen LogP contribution in [0.1, 0.15) is 43.6 Å². The Morgan fingerprint density at radius 1 is 1.17 bits per heavy atom. The second-order valence-corrected chi connectivity index (χ2v) is 10.3. The van der Waals surface area contributed by atoms with E-state index < -0.39 is 11.7 Å². The molecule has 1 heterocycles. The van der Waals surface area contributed by atoms with Gasteiger partial charge in [-0.3, -0.25) is 9.59 Å². The quantitative estimate of drug-likeness (QED) is 0.131. The molecule has 4 rings (SSSR count). The van der Waals surface area contributed by atoms with Crippen LogP contribution in [0.3, 0.4) is 0 Å². The van der Waals surface area contributed by atoms with Crippen LogP contribution in [-0.2, 0) is 17.6 Å². The molecule has 1 N–H and O–H groups in total. The van der Waals surface area contributed by atoms with Crippen LogP contribution in [0.15, 0.2) is 81.6 Å². The number of nitrogens with zero attached hydrogens (tertiary/aromatic N) is 3. The minimum atomic E-state index is -0.539. The van der Waals surface area contributed by atoms with Gasteiger partial charge in [-0.05, 0) is 67.8 Å². The highest BCUT2D eigenvalue weighted by Gasteiger charge is 2.16. The molecule has 0 fully saturated rings. The SMILES string of the molecule is C=CCc1cc(C=Nn2c(CCCC)nc3ccc(Br)cc3c2=O)cc(OCC)c1OCC(=O)Nc1ccccc1F. The molecular formula is C32H32BrFN4O4. The second kappa shape index (κ2) is 14.5. The van der Waals surface area contributed by atoms with E-state index in [0.717, 1.165) is 17.3 Å². The molecule has 1 aromatic heterocycles. The topological polar surface area (TPSA) is 94.8 Å². The van der Waals surface area contributed by atoms with Crippen molar-refractivity contribution in [1.82, 2.24) is 9.66 Å². The number of halogens is 2. The number of nitrogens with one attached hydrogen (secondary N) is 1. The summed E-state index contributed by atoms with van der Waals surface area (Å²) in [6, 6.07) is 14.9. The van der Waals surface area contributed by atoms with E-state index in [-0.39, 0.29) is 17.9 Å². The van der Waals surface area contributed by atoms with Crippen LogP contribution in [0.2, 0.25) is 0 Å². The fourth-order valence-corrected chi connectivity index (χ4v) is 4.67. The van der Waals surface area contributed by atoms with Crippen molar-refractivity contribution >= 4 is 44.6 Å². The maximum Gasteiger partial charge on any atom is 0.282 e. The summed E-state index contributed by atoms with van der Waals surface area (Å²) in [7, 11) is 0. The molecule has 42 heavy (non-hydrogen) atoms. The molecule has 4 aromatic rings. The van der Waals surface area contributed by atoms with Crippen molar-refractivity contribution in [3.8, 4) is 11.5 Å². The van der Waals surface area contributed by atoms with E-state index in [1.165, 1.54) is 16.8 Å². The summed E-state index contributed by atoms with van der Waals surface area (Å²) >= 11 is 3.43. The van der Waals surface area contributed by atoms with Gasteiger partial charge in [0.1, 0.15) is 11.6 Å². The molecule has 8 nitrogen and oxygen atoms in total. The third kappa shape index (κ3) is 7.50. The average molecular weight is 636 g/mol. The highest BCUT2D eigenvalue weighted by molar-refractivity contribution is 9.10. The maximum atomic E-state index is 14.0. The van der Waals surface area contributed by atoms with Gasteiger partial charge in [0, 0.05) is 16.5 Å². The van der Waals surface area contributed by atoms with E-state index in [0.29, 0.717) is 58.8 Å². The summed E-state index contributed by atoms with van der Waals surface area (Å²) in [6.07, 6.45) is 6.10. The number of amides is 1. The van der Waals surface area contributed by atoms with Crippen molar-refractivity contribution in [2.24, 2.45) is 5.10 Å². The fourth-order valence-electron chi connectivity index (χ4n) is 4.31. The van der Waals surface area contributed by atoms with Crippen LogP contribution < -0.4 is 20.3 Å². The van der Waals surface area contributed by atoms with Gasteiger partial charge >= 0.3 is 0 Å². The van der Waals surface area contributed by atoms with Crippen LogP contribution in [0.5, 0.6) is 11.5 Å². The minimum Gasteiger partial charge on any atom is -0.490 e. The smallest absolute Gasteiger partial charge is 0.282 e. The Kier molecular flexibility index (Phi) is 10.6. The highest BCUT2D eigenvalue weighted by Crippen LogP contribution is 2.34. The van der Waals surface area contributed by atoms with Gasteiger partial charge < -0.3 is 14.8 Å². The zero-order valence-electron chi connectivity index (χ0n) is 23.5. The molecule has 0 spiro atoms. The molecule has 10 heteroatoms. The van der Waals surface area contributed by atoms with Crippen molar-refractivity contribution in [2.75, 3.05) is 18.5 Å². The van der Waals surface area contributed by atoms with Gasteiger partial charge in [-0.1, -0.05) is 47.5 Å². The van der Waals surface area contributed by atoms with Crippen molar-refractivity contribution in [3.05, 3.63) is 105 Å². The van der Waals surface area contributed by atoms with Crippen LogP contribution in [0, 0.1) is 5.82 Å². The average Bonchev–Trinajstić information content (AvgIpc) is 2.97. The van der Waals surface area contributed by atoms with Gasteiger partial charge in [-0.25, -0.2) is 9.37 Å². The van der Waals surface area contributed by atoms with Crippen LogP contribution >= 0.6 is 15.9 Å². The number of hydrogen-bond acceptors (Lipinski definition) is 6. The molecule has 0 bridgehead atoms. The number of aromatic nitrogens is 2. The first-order chi connectivity index (χ1) is 20.3. The standard InChI is InChI=1S/C32H32BrFN4O4/c1-4-7-13-29-36-26-15-14-23(33)18-24(26)32(40)38(29)35-19-21-16-22(10-5-2)31(28(17-21)41-6-3)42-20-30(39)37-27-12-9-8-11-25(27)34/h5,8-9,11-12,14-19H,2,4,6-7,10,13,20H2,1,3H3,(H,37,39). The minimum absolute atomic E-state index is 0.0677. The van der Waals surface area contributed by atoms with E-state index in [1.54, 1.807) is 36.6 Å². The first kappa shape index (κ1) is 30.6. The summed E-state index contributed by atoms with van der Waals surface area (Å²) in [5, 5.41) is 7.52. The lowest BCUT2D eigenvalue weighted by atomic mass is 10.1. The third-order valence-corrected chi connectivity index (χ3v) is 6.76. The number of unbranched alkanes of at least 4 members (excludes halogenated alkanes) is 1. The molecule has 0 atom stereocenters. The number of anilines is 1. The Labute approximate surface area is 252 Å². The van der Waals surface area contributed by atoms with Gasteiger partial charge in [0.25, 0.3) is 11.5 Å². The molecular weight excluding hydrogens is 603 g/mol. The lowest BCUT2D eigenvalue weighted by Crippen LogP contribution is -2.22. The normalized spacial score (nSPS) is 11.1. The number of para-hydroxylation sites is 1. The van der Waals surface area contributed by atoms with Crippen molar-refractivity contribution < 1.29 is 18.7 Å². The third-order valence-electron chi connectivity index (χ3n) is 6.27. The van der Waals surface area contributed by atoms with Gasteiger partial charge in [0.05, 0.1) is 29.4 Å². The first-order valence-corrected chi connectivity index (χ1v) is 14.5. The lowest BCUT2D eigenvalue weighted by Gasteiger charge is -2.17. The van der Waals surface area contributed by atoms with Crippen molar-refractivity contribution in [3.63, 3.8) is 0 Å². The van der Waals surface area contributed by atoms with Crippen LogP contribution in [0.4, 0.5) is 10.1 Å². The maximum absolute atomic E-state index is 14.0. The molecule has 0 unspecified atom stereocenters. The first-order valence-electron chi connectivity index (χ1n) is 13.7. The number of hydrogen-bond donors (Lipinski definition) is 1. The molecule has 0 radical (unpaired) electrons. The predicted molar refractivity (Wildman–Crippen MR) is 167 cm³/mol. The van der Waals surface area contributed by atoms with E-state index >= 15 is 0 Å². The van der Waals surface area contributed by atoms with Gasteiger partial charge in [0.2, 0.25) is 0 Å². The molecule has 1 amide bonds. The van der Waals surface area contributed by atoms with Crippen LogP contribution in [0.25, 0.3) is 10.9 Å². The summed E-state index contributed by atoms with van der Waals surface area (Å²) in [5.41, 5.74) is 1.78. The monoisotopic (exact) mass is 634 g/mol. The predicted octanol–water partition coefficient (Wildman–Crippen LogP) is 6.67. The van der Waals surface area contributed by atoms with Gasteiger partial charge in [-0.2, -0.15) is 9.78 Å². The molecule has 218 valence electrons. The Morgan fingerprint density at radius 3 is 2.71 bits per heavy atom. The number of carbonyl (C=O) groups excluding carboxylic acids is 1. The molecule has 0 aliphatic rings. The van der Waals surface area contributed by atoms with Gasteiger partial charge in [-0.15, -0.1) is 6.58 Å². The highest BCUT2D eigenvalue weighted by atomic mass is 79.9. The number of benzene rings is 3. The molecule has 0 saturated heterocycles. The number of fused-ring (bicyclic) bond motifs is 1. The number of ether oxygens (including phenoxy) is 2. The second-order valence-electron chi connectivity index (χ2n) is 9.40. The largest absolute Gasteiger partial charge is 0.490 e. The summed E-state index contributed by atoms with van der Waals surface area (Å²) in [5.74, 6) is 0.284. The lowest BCUT2D eigenvalue weighted by molar-refractivity contribution is -0.118. The number of rotatable bonds is 13. The Hall–Kier alpha value is -4.31. The van der Waals surface area contributed by atoms with E-state index in [1.807, 2.05) is 25.1 Å². The Morgan fingerprint density at radius 2 is 1.98 bits per heavy atom.